The van der Waals surface area contributed by atoms with E-state index in [0.717, 1.165) is 32.2 Å². The summed E-state index contributed by atoms with van der Waals surface area (Å²) >= 11 is 0. The number of nitrogens with two attached hydrogens (primary N) is 1. The van der Waals surface area contributed by atoms with Crippen LogP contribution in [0.5, 0.6) is 0 Å². The molecule has 0 aromatic rings. The lowest BCUT2D eigenvalue weighted by Gasteiger charge is -2.32. The molecule has 0 amide bonds. The van der Waals surface area contributed by atoms with Crippen LogP contribution in [0.15, 0.2) is 0 Å². The van der Waals surface area contributed by atoms with Crippen molar-refractivity contribution in [3.63, 3.8) is 0 Å². The predicted molar refractivity (Wildman–Crippen MR) is 42.1 cm³/mol. The Morgan fingerprint density at radius 2 is 2.18 bits per heavy atom. The van der Waals surface area contributed by atoms with Crippen LogP contribution >= 0.6 is 0 Å². The highest BCUT2D eigenvalue weighted by atomic mass is 16.4. The Bertz CT molecular complexity index is 141. The van der Waals surface area contributed by atoms with E-state index in [-0.39, 0.29) is 5.92 Å². The van der Waals surface area contributed by atoms with Crippen molar-refractivity contribution in [2.24, 2.45) is 17.6 Å². The fraction of sp³-hybridized carbons (Fsp3) is 0.875. The fourth-order valence-corrected chi connectivity index (χ4v) is 1.58. The maximum Gasteiger partial charge on any atom is 0.306 e. The summed E-state index contributed by atoms with van der Waals surface area (Å²) < 4.78 is 0. The fourth-order valence-electron chi connectivity index (χ4n) is 1.58. The minimum absolute atomic E-state index is 0.0576. The number of hydrogen-bond acceptors (Lipinski definition) is 2. The first-order chi connectivity index (χ1) is 5.24. The number of rotatable bonds is 4. The third-order valence-corrected chi connectivity index (χ3v) is 2.40. The van der Waals surface area contributed by atoms with Gasteiger partial charge in [0.05, 0.1) is 5.92 Å². The highest BCUT2D eigenvalue weighted by Gasteiger charge is 2.33. The molecule has 0 unspecified atom stereocenters. The van der Waals surface area contributed by atoms with Gasteiger partial charge in [0.25, 0.3) is 0 Å². The second kappa shape index (κ2) is 3.72. The van der Waals surface area contributed by atoms with Crippen molar-refractivity contribution in [1.29, 1.82) is 0 Å². The Morgan fingerprint density at radius 1 is 1.55 bits per heavy atom. The van der Waals surface area contributed by atoms with Gasteiger partial charge in [0.1, 0.15) is 0 Å². The van der Waals surface area contributed by atoms with Crippen LogP contribution in [0.1, 0.15) is 25.7 Å². The molecule has 1 saturated carbocycles. The lowest BCUT2D eigenvalue weighted by Crippen LogP contribution is -2.30. The van der Waals surface area contributed by atoms with Gasteiger partial charge in [-0.15, -0.1) is 0 Å². The van der Waals surface area contributed by atoms with Crippen molar-refractivity contribution in [2.75, 3.05) is 6.54 Å². The molecular formula is C8H15NO2. The Morgan fingerprint density at radius 3 is 2.64 bits per heavy atom. The van der Waals surface area contributed by atoms with Gasteiger partial charge in [0.2, 0.25) is 0 Å². The molecule has 0 bridgehead atoms. The van der Waals surface area contributed by atoms with E-state index in [4.69, 9.17) is 10.8 Å². The molecule has 0 aromatic carbocycles. The summed E-state index contributed by atoms with van der Waals surface area (Å²) in [7, 11) is 0. The molecule has 1 aliphatic rings. The van der Waals surface area contributed by atoms with Gasteiger partial charge in [-0.25, -0.2) is 0 Å². The van der Waals surface area contributed by atoms with Crippen molar-refractivity contribution in [3.05, 3.63) is 0 Å². The molecule has 0 radical (unpaired) electrons. The SMILES string of the molecule is NCCCC1CC(C(=O)O)C1. The Balaban J connectivity index is 2.05. The maximum atomic E-state index is 10.4. The molecule has 0 aliphatic heterocycles. The standard InChI is InChI=1S/C8H15NO2/c9-3-1-2-6-4-7(5-6)8(10)11/h6-7H,1-5,9H2,(H,10,11). The quantitative estimate of drug-likeness (QED) is 0.635. The minimum Gasteiger partial charge on any atom is -0.481 e. The molecule has 0 saturated heterocycles. The molecule has 0 aromatic heterocycles. The van der Waals surface area contributed by atoms with Crippen molar-refractivity contribution in [1.82, 2.24) is 0 Å². The van der Waals surface area contributed by atoms with Gasteiger partial charge in [0.15, 0.2) is 0 Å². The zero-order chi connectivity index (χ0) is 8.27. The first-order valence-corrected chi connectivity index (χ1v) is 4.17. The summed E-state index contributed by atoms with van der Waals surface area (Å²) in [5.41, 5.74) is 5.33. The molecule has 0 heterocycles. The average molecular weight is 157 g/mol. The van der Waals surface area contributed by atoms with Crippen LogP contribution in [0, 0.1) is 11.8 Å². The zero-order valence-corrected chi connectivity index (χ0v) is 6.62. The second-order valence-electron chi connectivity index (χ2n) is 3.30. The first kappa shape index (κ1) is 8.53. The van der Waals surface area contributed by atoms with Gasteiger partial charge in [-0.2, -0.15) is 0 Å². The summed E-state index contributed by atoms with van der Waals surface area (Å²) in [5, 5.41) is 8.55. The van der Waals surface area contributed by atoms with Gasteiger partial charge in [-0.3, -0.25) is 4.79 Å². The van der Waals surface area contributed by atoms with E-state index in [1.54, 1.807) is 0 Å². The molecule has 3 heteroatoms. The van der Waals surface area contributed by atoms with Crippen LogP contribution in [0.4, 0.5) is 0 Å². The average Bonchev–Trinajstić information content (AvgIpc) is 1.84. The monoisotopic (exact) mass is 157 g/mol. The number of carbonyl (C=O) groups is 1. The Kier molecular flexibility index (Phi) is 2.88. The van der Waals surface area contributed by atoms with Crippen LogP contribution in [0.25, 0.3) is 0 Å². The highest BCUT2D eigenvalue weighted by molar-refractivity contribution is 5.71. The first-order valence-electron chi connectivity index (χ1n) is 4.17. The molecule has 1 rings (SSSR count). The van der Waals surface area contributed by atoms with E-state index in [9.17, 15) is 4.79 Å². The highest BCUT2D eigenvalue weighted by Crippen LogP contribution is 2.36. The third kappa shape index (κ3) is 2.19. The minimum atomic E-state index is -0.631. The van der Waals surface area contributed by atoms with Gasteiger partial charge in [-0.1, -0.05) is 0 Å². The zero-order valence-electron chi connectivity index (χ0n) is 6.62. The van der Waals surface area contributed by atoms with Crippen LogP contribution < -0.4 is 5.73 Å². The third-order valence-electron chi connectivity index (χ3n) is 2.40. The molecule has 64 valence electrons. The van der Waals surface area contributed by atoms with Crippen LogP contribution in [-0.2, 0) is 4.79 Å². The molecule has 3 nitrogen and oxygen atoms in total. The van der Waals surface area contributed by atoms with Crippen LogP contribution in [0.2, 0.25) is 0 Å². The topological polar surface area (TPSA) is 63.3 Å². The molecule has 1 aliphatic carbocycles. The Labute approximate surface area is 66.6 Å². The lowest BCUT2D eigenvalue weighted by atomic mass is 9.73. The van der Waals surface area contributed by atoms with Crippen LogP contribution in [-0.4, -0.2) is 17.6 Å². The van der Waals surface area contributed by atoms with Gasteiger partial charge in [0, 0.05) is 0 Å². The number of carboxylic acid groups (broad SMARTS) is 1. The van der Waals surface area contributed by atoms with Crippen molar-refractivity contribution in [3.8, 4) is 0 Å². The molecule has 0 atom stereocenters. The summed E-state index contributed by atoms with van der Waals surface area (Å²) in [6.07, 6.45) is 3.89. The van der Waals surface area contributed by atoms with Gasteiger partial charge >= 0.3 is 5.97 Å². The van der Waals surface area contributed by atoms with Crippen molar-refractivity contribution in [2.45, 2.75) is 25.7 Å². The predicted octanol–water partition coefficient (Wildman–Crippen LogP) is 0.836. The van der Waals surface area contributed by atoms with E-state index in [1.165, 1.54) is 0 Å². The summed E-state index contributed by atoms with van der Waals surface area (Å²) in [6.45, 7) is 0.730. The van der Waals surface area contributed by atoms with Crippen molar-refractivity contribution >= 4 is 5.97 Å². The van der Waals surface area contributed by atoms with E-state index < -0.39 is 5.97 Å². The van der Waals surface area contributed by atoms with E-state index in [1.807, 2.05) is 0 Å². The summed E-state index contributed by atoms with van der Waals surface area (Å²) in [6, 6.07) is 0. The maximum absolute atomic E-state index is 10.4. The van der Waals surface area contributed by atoms with E-state index >= 15 is 0 Å². The largest absolute Gasteiger partial charge is 0.481 e. The number of hydrogen-bond donors (Lipinski definition) is 2. The van der Waals surface area contributed by atoms with Gasteiger partial charge in [-0.05, 0) is 38.1 Å². The molecule has 0 spiro atoms. The van der Waals surface area contributed by atoms with Gasteiger partial charge < -0.3 is 10.8 Å². The molecular weight excluding hydrogens is 142 g/mol. The second-order valence-corrected chi connectivity index (χ2v) is 3.30. The summed E-state index contributed by atoms with van der Waals surface area (Å²) in [5.74, 6) is -0.0496. The lowest BCUT2D eigenvalue weighted by molar-refractivity contribution is -0.146. The number of aliphatic carboxylic acids is 1. The molecule has 1 fully saturated rings. The number of carboxylic acids is 1. The Hall–Kier alpha value is -0.570. The van der Waals surface area contributed by atoms with E-state index in [0.29, 0.717) is 5.92 Å². The van der Waals surface area contributed by atoms with Crippen LogP contribution in [0.3, 0.4) is 0 Å². The normalized spacial score (nSPS) is 29.5. The molecule has 11 heavy (non-hydrogen) atoms. The van der Waals surface area contributed by atoms with E-state index in [2.05, 4.69) is 0 Å². The van der Waals surface area contributed by atoms with Crippen molar-refractivity contribution < 1.29 is 9.90 Å². The smallest absolute Gasteiger partial charge is 0.306 e. The summed E-state index contributed by atoms with van der Waals surface area (Å²) in [4.78, 5) is 10.4. The molecule has 3 N–H and O–H groups in total.